The second kappa shape index (κ2) is 16.8. The summed E-state index contributed by atoms with van der Waals surface area (Å²) in [5.74, 6) is -5.29. The summed E-state index contributed by atoms with van der Waals surface area (Å²) in [6.07, 6.45) is -0.265. The Labute approximate surface area is 225 Å². The molecule has 0 heterocycles. The fourth-order valence-electron chi connectivity index (χ4n) is 3.28. The molecule has 1 aromatic carbocycles. The van der Waals surface area contributed by atoms with E-state index in [4.69, 9.17) is 22.3 Å². The third-order valence-electron chi connectivity index (χ3n) is 5.29. The molecule has 0 saturated heterocycles. The summed E-state index contributed by atoms with van der Waals surface area (Å²) in [7, 11) is 0. The number of carbonyl (C=O) groups is 5. The van der Waals surface area contributed by atoms with Gasteiger partial charge in [-0.15, -0.1) is 0 Å². The average molecular weight is 554 g/mol. The molecule has 3 amide bonds. The lowest BCUT2D eigenvalue weighted by molar-refractivity contribution is -0.142. The molecule has 0 bridgehead atoms. The van der Waals surface area contributed by atoms with Gasteiger partial charge in [-0.1, -0.05) is 30.3 Å². The lowest BCUT2D eigenvalue weighted by Crippen LogP contribution is -2.57. The normalized spacial score (nSPS) is 13.7. The molecule has 0 fully saturated rings. The van der Waals surface area contributed by atoms with E-state index in [9.17, 15) is 29.1 Å². The van der Waals surface area contributed by atoms with Crippen molar-refractivity contribution in [3.8, 4) is 0 Å². The summed E-state index contributed by atoms with van der Waals surface area (Å²) >= 11 is 3.87. The van der Waals surface area contributed by atoms with Crippen LogP contribution in [0.25, 0.3) is 0 Å². The van der Waals surface area contributed by atoms with E-state index in [2.05, 4.69) is 33.6 Å². The minimum absolute atomic E-state index is 0.0636. The first-order chi connectivity index (χ1) is 17.9. The number of guanidine groups is 1. The fourth-order valence-corrected chi connectivity index (χ4v) is 3.53. The molecule has 0 aliphatic rings. The van der Waals surface area contributed by atoms with Gasteiger partial charge in [-0.05, 0) is 31.2 Å². The number of carboxylic acid groups (broad SMARTS) is 2. The number of amides is 3. The number of rotatable bonds is 17. The van der Waals surface area contributed by atoms with Gasteiger partial charge in [0.05, 0.1) is 6.04 Å². The third-order valence-corrected chi connectivity index (χ3v) is 5.66. The fraction of sp³-hybridized carbons (Fsp3) is 0.478. The number of carboxylic acids is 2. The van der Waals surface area contributed by atoms with Crippen molar-refractivity contribution < 1.29 is 34.2 Å². The number of aliphatic imine (C=N–C) groups is 1. The number of hydrogen-bond acceptors (Lipinski definition) is 8. The Hall–Kier alpha value is -3.85. The topological polar surface area (TPSA) is 252 Å². The number of carbonyl (C=O) groups excluding carboxylic acids is 3. The summed E-state index contributed by atoms with van der Waals surface area (Å²) in [6.45, 7) is 0.156. The number of hydrogen-bond donors (Lipinski definition) is 9. The summed E-state index contributed by atoms with van der Waals surface area (Å²) in [4.78, 5) is 64.8. The van der Waals surface area contributed by atoms with Gasteiger partial charge >= 0.3 is 11.9 Å². The number of thiol groups is 1. The number of benzene rings is 1. The predicted octanol–water partition coefficient (Wildman–Crippen LogP) is -2.06. The first kappa shape index (κ1) is 32.2. The summed E-state index contributed by atoms with van der Waals surface area (Å²) in [6, 6.07) is 4.10. The minimum Gasteiger partial charge on any atom is -0.481 e. The highest BCUT2D eigenvalue weighted by Gasteiger charge is 2.30. The van der Waals surface area contributed by atoms with Crippen molar-refractivity contribution in [3.63, 3.8) is 0 Å². The van der Waals surface area contributed by atoms with Crippen LogP contribution in [0, 0.1) is 0 Å². The number of nitrogens with one attached hydrogen (secondary N) is 3. The van der Waals surface area contributed by atoms with E-state index in [1.54, 1.807) is 24.3 Å². The van der Waals surface area contributed by atoms with E-state index in [-0.39, 0.29) is 43.9 Å². The first-order valence-corrected chi connectivity index (χ1v) is 12.4. The molecule has 0 spiro atoms. The maximum atomic E-state index is 13.1. The van der Waals surface area contributed by atoms with Crippen molar-refractivity contribution >= 4 is 48.2 Å². The maximum absolute atomic E-state index is 13.1. The molecular formula is C23H35N7O7S. The molecule has 0 aromatic heterocycles. The number of nitrogens with two attached hydrogens (primary N) is 3. The van der Waals surface area contributed by atoms with E-state index in [1.165, 1.54) is 0 Å². The van der Waals surface area contributed by atoms with Crippen molar-refractivity contribution in [1.82, 2.24) is 16.0 Å². The smallest absolute Gasteiger partial charge is 0.327 e. The molecule has 11 N–H and O–H groups in total. The molecule has 4 atom stereocenters. The quantitative estimate of drug-likeness (QED) is 0.0441. The van der Waals surface area contributed by atoms with Crippen molar-refractivity contribution in [2.75, 3.05) is 12.3 Å². The van der Waals surface area contributed by atoms with Crippen LogP contribution < -0.4 is 33.2 Å². The molecule has 210 valence electrons. The molecule has 0 radical (unpaired) electrons. The van der Waals surface area contributed by atoms with Crippen LogP contribution in [-0.4, -0.2) is 82.3 Å². The molecule has 0 aliphatic heterocycles. The summed E-state index contributed by atoms with van der Waals surface area (Å²) in [5, 5.41) is 25.4. The molecule has 0 aliphatic carbocycles. The van der Waals surface area contributed by atoms with Crippen molar-refractivity contribution in [3.05, 3.63) is 35.9 Å². The maximum Gasteiger partial charge on any atom is 0.327 e. The Bertz CT molecular complexity index is 990. The summed E-state index contributed by atoms with van der Waals surface area (Å²) < 4.78 is 0. The van der Waals surface area contributed by atoms with Gasteiger partial charge in [0.2, 0.25) is 17.7 Å². The molecular weight excluding hydrogens is 518 g/mol. The SMILES string of the molecule is NC(N)=NCCCC(NC(=O)C(N)Cc1ccccc1)C(=O)NC(CCC(=O)O)C(=O)NC(CS)C(=O)O. The standard InChI is InChI=1S/C23H35N7O7S/c24-14(11-13-5-2-1-3-6-13)19(33)28-15(7-4-10-27-23(25)26)20(34)29-16(8-9-18(31)32)21(35)30-17(12-38)22(36)37/h1-3,5-6,14-17,38H,4,7-12,24H2,(H,28,33)(H,29,34)(H,30,35)(H,31,32)(H,36,37)(H4,25,26,27). The van der Waals surface area contributed by atoms with Gasteiger partial charge in [0, 0.05) is 18.7 Å². The van der Waals surface area contributed by atoms with Crippen molar-refractivity contribution in [2.24, 2.45) is 22.2 Å². The van der Waals surface area contributed by atoms with E-state index in [1.807, 2.05) is 6.07 Å². The zero-order valence-corrected chi connectivity index (χ0v) is 21.6. The predicted molar refractivity (Wildman–Crippen MR) is 142 cm³/mol. The van der Waals surface area contributed by atoms with Gasteiger partial charge in [-0.25, -0.2) is 4.79 Å². The molecule has 14 nitrogen and oxygen atoms in total. The molecule has 0 saturated carbocycles. The van der Waals surface area contributed by atoms with Gasteiger partial charge in [0.15, 0.2) is 5.96 Å². The van der Waals surface area contributed by atoms with Gasteiger partial charge in [0.1, 0.15) is 18.1 Å². The molecule has 1 aromatic rings. The van der Waals surface area contributed by atoms with Crippen LogP contribution in [-0.2, 0) is 30.4 Å². The van der Waals surface area contributed by atoms with Crippen LogP contribution in [0.4, 0.5) is 0 Å². The van der Waals surface area contributed by atoms with Crippen LogP contribution in [0.3, 0.4) is 0 Å². The Balaban J connectivity index is 3.02. The Morgan fingerprint density at radius 2 is 1.42 bits per heavy atom. The van der Waals surface area contributed by atoms with E-state index >= 15 is 0 Å². The van der Waals surface area contributed by atoms with Gasteiger partial charge < -0.3 is 43.4 Å². The Kier molecular flexibility index (Phi) is 14.2. The zero-order valence-electron chi connectivity index (χ0n) is 20.7. The van der Waals surface area contributed by atoms with Crippen LogP contribution in [0.2, 0.25) is 0 Å². The largest absolute Gasteiger partial charge is 0.481 e. The molecule has 1 rings (SSSR count). The minimum atomic E-state index is -1.39. The second-order valence-corrected chi connectivity index (χ2v) is 8.75. The van der Waals surface area contributed by atoms with Crippen LogP contribution in [0.5, 0.6) is 0 Å². The van der Waals surface area contributed by atoms with Crippen molar-refractivity contribution in [2.45, 2.75) is 56.3 Å². The lowest BCUT2D eigenvalue weighted by Gasteiger charge is -2.25. The highest BCUT2D eigenvalue weighted by Crippen LogP contribution is 2.06. The van der Waals surface area contributed by atoms with E-state index in [0.717, 1.165) is 5.56 Å². The van der Waals surface area contributed by atoms with E-state index < -0.39 is 60.2 Å². The Morgan fingerprint density at radius 1 is 0.868 bits per heavy atom. The van der Waals surface area contributed by atoms with Crippen molar-refractivity contribution in [1.29, 1.82) is 0 Å². The summed E-state index contributed by atoms with van der Waals surface area (Å²) in [5.41, 5.74) is 17.5. The van der Waals surface area contributed by atoms with Crippen LogP contribution in [0.15, 0.2) is 35.3 Å². The van der Waals surface area contributed by atoms with Gasteiger partial charge in [-0.3, -0.25) is 24.2 Å². The number of nitrogens with zero attached hydrogens (tertiary/aromatic N) is 1. The molecule has 15 heteroatoms. The molecule has 38 heavy (non-hydrogen) atoms. The monoisotopic (exact) mass is 553 g/mol. The van der Waals surface area contributed by atoms with Gasteiger partial charge in [-0.2, -0.15) is 12.6 Å². The zero-order chi connectivity index (χ0) is 28.7. The lowest BCUT2D eigenvalue weighted by atomic mass is 10.0. The molecule has 4 unspecified atom stereocenters. The third kappa shape index (κ3) is 12.4. The van der Waals surface area contributed by atoms with Crippen LogP contribution in [0.1, 0.15) is 31.2 Å². The average Bonchev–Trinajstić information content (AvgIpc) is 2.86. The van der Waals surface area contributed by atoms with Crippen LogP contribution >= 0.6 is 12.6 Å². The second-order valence-electron chi connectivity index (χ2n) is 8.38. The number of aliphatic carboxylic acids is 2. The van der Waals surface area contributed by atoms with E-state index in [0.29, 0.717) is 0 Å². The highest BCUT2D eigenvalue weighted by atomic mass is 32.1. The Morgan fingerprint density at radius 3 is 1.95 bits per heavy atom. The highest BCUT2D eigenvalue weighted by molar-refractivity contribution is 7.80. The first-order valence-electron chi connectivity index (χ1n) is 11.8. The van der Waals surface area contributed by atoms with Gasteiger partial charge in [0.25, 0.3) is 0 Å².